The average molecular weight is 255 g/mol. The minimum atomic E-state index is -1.15. The third kappa shape index (κ3) is 4.07. The highest BCUT2D eigenvalue weighted by atomic mass is 32.2. The molecular formula is C11H13NO4S. The van der Waals surface area contributed by atoms with Gasteiger partial charge in [0.25, 0.3) is 5.69 Å². The van der Waals surface area contributed by atoms with E-state index in [1.807, 2.05) is 6.92 Å². The maximum atomic E-state index is 11.6. The van der Waals surface area contributed by atoms with Crippen LogP contribution in [0.2, 0.25) is 0 Å². The van der Waals surface area contributed by atoms with Crippen molar-refractivity contribution in [1.29, 1.82) is 0 Å². The Morgan fingerprint density at radius 1 is 1.35 bits per heavy atom. The molecule has 0 saturated carbocycles. The molecule has 0 aliphatic rings. The van der Waals surface area contributed by atoms with Crippen LogP contribution in [0.1, 0.15) is 23.7 Å². The molecule has 0 spiro atoms. The highest BCUT2D eigenvalue weighted by Crippen LogP contribution is 2.12. The van der Waals surface area contributed by atoms with Crippen molar-refractivity contribution in [3.63, 3.8) is 0 Å². The van der Waals surface area contributed by atoms with Gasteiger partial charge in [0.05, 0.1) is 10.7 Å². The van der Waals surface area contributed by atoms with E-state index in [-0.39, 0.29) is 17.2 Å². The SMILES string of the molecule is CCCS(=O)CC(=O)c1ccc([N+](=O)[O-])cc1. The zero-order chi connectivity index (χ0) is 12.8. The lowest BCUT2D eigenvalue weighted by Gasteiger charge is -2.00. The van der Waals surface area contributed by atoms with Crippen LogP contribution in [0, 0.1) is 10.1 Å². The molecule has 0 bridgehead atoms. The Balaban J connectivity index is 2.70. The highest BCUT2D eigenvalue weighted by Gasteiger charge is 2.12. The van der Waals surface area contributed by atoms with Gasteiger partial charge in [-0.2, -0.15) is 0 Å². The van der Waals surface area contributed by atoms with Gasteiger partial charge in [0.15, 0.2) is 5.78 Å². The second-order valence-electron chi connectivity index (χ2n) is 3.52. The molecule has 0 N–H and O–H groups in total. The number of carbonyl (C=O) groups is 1. The minimum absolute atomic E-state index is 0.0222. The monoisotopic (exact) mass is 255 g/mol. The third-order valence-corrected chi connectivity index (χ3v) is 3.57. The van der Waals surface area contributed by atoms with Crippen molar-refractivity contribution in [2.45, 2.75) is 13.3 Å². The second kappa shape index (κ2) is 6.24. The number of hydrogen-bond donors (Lipinski definition) is 0. The molecule has 1 aromatic rings. The molecule has 0 aliphatic heterocycles. The molecule has 1 atom stereocenters. The number of nitro benzene ring substituents is 1. The van der Waals surface area contributed by atoms with Gasteiger partial charge in [-0.05, 0) is 18.6 Å². The molecule has 1 aromatic carbocycles. The molecule has 0 aromatic heterocycles. The molecule has 1 unspecified atom stereocenters. The van der Waals surface area contributed by atoms with Gasteiger partial charge in [-0.25, -0.2) is 0 Å². The van der Waals surface area contributed by atoms with Gasteiger partial charge in [-0.15, -0.1) is 0 Å². The topological polar surface area (TPSA) is 77.3 Å². The van der Waals surface area contributed by atoms with Crippen LogP contribution in [0.4, 0.5) is 5.69 Å². The van der Waals surface area contributed by atoms with Gasteiger partial charge in [0.2, 0.25) is 0 Å². The van der Waals surface area contributed by atoms with Crippen LogP contribution in [0.25, 0.3) is 0 Å². The summed E-state index contributed by atoms with van der Waals surface area (Å²) in [6, 6.07) is 5.33. The molecule has 17 heavy (non-hydrogen) atoms. The van der Waals surface area contributed by atoms with Crippen molar-refractivity contribution in [3.8, 4) is 0 Å². The van der Waals surface area contributed by atoms with Crippen molar-refractivity contribution >= 4 is 22.3 Å². The van der Waals surface area contributed by atoms with E-state index in [1.54, 1.807) is 0 Å². The van der Waals surface area contributed by atoms with E-state index < -0.39 is 15.7 Å². The smallest absolute Gasteiger partial charge is 0.269 e. The van der Waals surface area contributed by atoms with Crippen LogP contribution in [0.5, 0.6) is 0 Å². The van der Waals surface area contributed by atoms with Crippen LogP contribution in [0.3, 0.4) is 0 Å². The summed E-state index contributed by atoms with van der Waals surface area (Å²) in [5, 5.41) is 10.4. The molecule has 1 rings (SSSR count). The zero-order valence-corrected chi connectivity index (χ0v) is 10.2. The summed E-state index contributed by atoms with van der Waals surface area (Å²) in [6.45, 7) is 1.90. The Morgan fingerprint density at radius 3 is 2.41 bits per heavy atom. The van der Waals surface area contributed by atoms with E-state index in [2.05, 4.69) is 0 Å². The number of hydrogen-bond acceptors (Lipinski definition) is 4. The normalized spacial score (nSPS) is 12.1. The molecule has 0 amide bonds. The Hall–Kier alpha value is -1.56. The number of rotatable bonds is 6. The zero-order valence-electron chi connectivity index (χ0n) is 9.42. The van der Waals surface area contributed by atoms with Crippen molar-refractivity contribution in [2.24, 2.45) is 0 Å². The van der Waals surface area contributed by atoms with Gasteiger partial charge in [0, 0.05) is 34.2 Å². The standard InChI is InChI=1S/C11H13NO4S/c1-2-7-17(16)8-11(13)9-3-5-10(6-4-9)12(14)15/h3-6H,2,7-8H2,1H3. The summed E-state index contributed by atoms with van der Waals surface area (Å²) in [6.07, 6.45) is 0.764. The number of ketones is 1. The second-order valence-corrected chi connectivity index (χ2v) is 5.09. The fraction of sp³-hybridized carbons (Fsp3) is 0.364. The molecular weight excluding hydrogens is 242 g/mol. The predicted molar refractivity (Wildman–Crippen MR) is 65.6 cm³/mol. The number of benzene rings is 1. The molecule has 6 heteroatoms. The fourth-order valence-corrected chi connectivity index (χ4v) is 2.36. The first-order chi connectivity index (χ1) is 8.04. The number of non-ortho nitro benzene ring substituents is 1. The van der Waals surface area contributed by atoms with Gasteiger partial charge in [-0.1, -0.05) is 6.92 Å². The molecule has 5 nitrogen and oxygen atoms in total. The Labute approximate surface area is 101 Å². The quantitative estimate of drug-likeness (QED) is 0.442. The number of nitrogens with zero attached hydrogens (tertiary/aromatic N) is 1. The fourth-order valence-electron chi connectivity index (χ4n) is 1.30. The van der Waals surface area contributed by atoms with Gasteiger partial charge < -0.3 is 0 Å². The van der Waals surface area contributed by atoms with Gasteiger partial charge in [-0.3, -0.25) is 19.1 Å². The molecule has 0 saturated heterocycles. The first kappa shape index (κ1) is 13.5. The summed E-state index contributed by atoms with van der Waals surface area (Å²) >= 11 is 0. The molecule has 0 heterocycles. The van der Waals surface area contributed by atoms with E-state index in [1.165, 1.54) is 24.3 Å². The van der Waals surface area contributed by atoms with Gasteiger partial charge in [0.1, 0.15) is 0 Å². The van der Waals surface area contributed by atoms with E-state index in [9.17, 15) is 19.1 Å². The summed E-state index contributed by atoms with van der Waals surface area (Å²) in [7, 11) is -1.15. The first-order valence-corrected chi connectivity index (χ1v) is 6.66. The van der Waals surface area contributed by atoms with Crippen molar-refractivity contribution in [2.75, 3.05) is 11.5 Å². The number of Topliss-reactive ketones (excluding diaryl/α,β-unsaturated/α-hetero) is 1. The Morgan fingerprint density at radius 2 is 1.94 bits per heavy atom. The lowest BCUT2D eigenvalue weighted by atomic mass is 10.1. The van der Waals surface area contributed by atoms with E-state index in [0.717, 1.165) is 6.42 Å². The predicted octanol–water partition coefficient (Wildman–Crippen LogP) is 1.94. The summed E-state index contributed by atoms with van der Waals surface area (Å²) in [5.74, 6) is 0.233. The molecule has 92 valence electrons. The Bertz CT molecular complexity index is 441. The van der Waals surface area contributed by atoms with E-state index in [4.69, 9.17) is 0 Å². The van der Waals surface area contributed by atoms with Crippen LogP contribution < -0.4 is 0 Å². The minimum Gasteiger partial charge on any atom is -0.293 e. The largest absolute Gasteiger partial charge is 0.293 e. The summed E-state index contributed by atoms with van der Waals surface area (Å²) in [4.78, 5) is 21.5. The number of nitro groups is 1. The first-order valence-electron chi connectivity index (χ1n) is 5.17. The lowest BCUT2D eigenvalue weighted by Crippen LogP contribution is -2.12. The maximum Gasteiger partial charge on any atom is 0.269 e. The molecule has 0 aliphatic carbocycles. The molecule has 0 fully saturated rings. The van der Waals surface area contributed by atoms with Crippen LogP contribution in [0.15, 0.2) is 24.3 Å². The van der Waals surface area contributed by atoms with Crippen molar-refractivity contribution in [3.05, 3.63) is 39.9 Å². The summed E-state index contributed by atoms with van der Waals surface area (Å²) in [5.41, 5.74) is 0.302. The van der Waals surface area contributed by atoms with E-state index in [0.29, 0.717) is 11.3 Å². The average Bonchev–Trinajstić information content (AvgIpc) is 2.29. The molecule has 0 radical (unpaired) electrons. The maximum absolute atomic E-state index is 11.6. The van der Waals surface area contributed by atoms with Crippen LogP contribution >= 0.6 is 0 Å². The van der Waals surface area contributed by atoms with E-state index >= 15 is 0 Å². The van der Waals surface area contributed by atoms with Crippen LogP contribution in [-0.4, -0.2) is 26.4 Å². The Kier molecular flexibility index (Phi) is 4.96. The van der Waals surface area contributed by atoms with Crippen molar-refractivity contribution < 1.29 is 13.9 Å². The summed E-state index contributed by atoms with van der Waals surface area (Å²) < 4.78 is 11.4. The lowest BCUT2D eigenvalue weighted by molar-refractivity contribution is -0.384. The number of carbonyl (C=O) groups excluding carboxylic acids is 1. The van der Waals surface area contributed by atoms with Crippen LogP contribution in [-0.2, 0) is 10.8 Å². The highest BCUT2D eigenvalue weighted by molar-refractivity contribution is 7.85. The van der Waals surface area contributed by atoms with Gasteiger partial charge >= 0.3 is 0 Å². The third-order valence-electron chi connectivity index (χ3n) is 2.12. The van der Waals surface area contributed by atoms with Crippen molar-refractivity contribution in [1.82, 2.24) is 0 Å².